The molecule has 1 N–H and O–H groups in total. The van der Waals surface area contributed by atoms with Gasteiger partial charge >= 0.3 is 0 Å². The lowest BCUT2D eigenvalue weighted by Crippen LogP contribution is -2.27. The number of carbonyl (C=O) groups is 1. The SMILES string of the molecule is O=C(Cc1csc(-c2cccc(F)c2)n1)NCCc1cccc(F)c1. The molecule has 0 unspecified atom stereocenters. The number of rotatable bonds is 6. The van der Waals surface area contributed by atoms with E-state index < -0.39 is 0 Å². The third-order valence-corrected chi connectivity index (χ3v) is 4.53. The van der Waals surface area contributed by atoms with Crippen molar-refractivity contribution in [3.63, 3.8) is 0 Å². The highest BCUT2D eigenvalue weighted by molar-refractivity contribution is 7.13. The highest BCUT2D eigenvalue weighted by Crippen LogP contribution is 2.24. The Labute approximate surface area is 148 Å². The zero-order valence-corrected chi connectivity index (χ0v) is 14.2. The summed E-state index contributed by atoms with van der Waals surface area (Å²) in [7, 11) is 0. The van der Waals surface area contributed by atoms with E-state index in [0.29, 0.717) is 29.2 Å². The van der Waals surface area contributed by atoms with Crippen molar-refractivity contribution in [2.45, 2.75) is 12.8 Å². The summed E-state index contributed by atoms with van der Waals surface area (Å²) >= 11 is 1.38. The summed E-state index contributed by atoms with van der Waals surface area (Å²) < 4.78 is 26.4. The summed E-state index contributed by atoms with van der Waals surface area (Å²) in [6.45, 7) is 0.434. The fraction of sp³-hybridized carbons (Fsp3) is 0.158. The zero-order chi connectivity index (χ0) is 17.6. The first-order chi connectivity index (χ1) is 12.1. The van der Waals surface area contributed by atoms with Crippen molar-refractivity contribution in [1.82, 2.24) is 10.3 Å². The summed E-state index contributed by atoms with van der Waals surface area (Å²) in [5.74, 6) is -0.743. The van der Waals surface area contributed by atoms with Crippen LogP contribution < -0.4 is 5.32 Å². The number of nitrogens with one attached hydrogen (secondary N) is 1. The molecule has 3 rings (SSSR count). The van der Waals surface area contributed by atoms with Gasteiger partial charge in [-0.3, -0.25) is 4.79 Å². The largest absolute Gasteiger partial charge is 0.355 e. The average Bonchev–Trinajstić information content (AvgIpc) is 3.03. The molecule has 3 nitrogen and oxygen atoms in total. The molecule has 128 valence electrons. The monoisotopic (exact) mass is 358 g/mol. The maximum atomic E-state index is 13.3. The fourth-order valence-electron chi connectivity index (χ4n) is 2.41. The number of amides is 1. The Morgan fingerprint density at radius 2 is 1.84 bits per heavy atom. The van der Waals surface area contributed by atoms with Crippen LogP contribution in [0.4, 0.5) is 8.78 Å². The fourth-order valence-corrected chi connectivity index (χ4v) is 3.22. The Morgan fingerprint density at radius 3 is 2.60 bits per heavy atom. The quantitative estimate of drug-likeness (QED) is 0.724. The molecule has 0 aliphatic rings. The standard InChI is InChI=1S/C19H16F2N2OS/c20-15-5-1-3-13(9-15)7-8-22-18(24)11-17-12-25-19(23-17)14-4-2-6-16(21)10-14/h1-6,9-10,12H,7-8,11H2,(H,22,24). The van der Waals surface area contributed by atoms with Crippen LogP contribution in [0, 0.1) is 11.6 Å². The molecule has 1 heterocycles. The lowest BCUT2D eigenvalue weighted by atomic mass is 10.1. The zero-order valence-electron chi connectivity index (χ0n) is 13.3. The van der Waals surface area contributed by atoms with Gasteiger partial charge in [0.2, 0.25) is 5.91 Å². The molecular weight excluding hydrogens is 342 g/mol. The van der Waals surface area contributed by atoms with Gasteiger partial charge in [-0.1, -0.05) is 24.3 Å². The average molecular weight is 358 g/mol. The predicted octanol–water partition coefficient (Wildman–Crippen LogP) is 3.99. The van der Waals surface area contributed by atoms with E-state index in [1.54, 1.807) is 23.6 Å². The highest BCUT2D eigenvalue weighted by Gasteiger charge is 2.09. The number of carbonyl (C=O) groups excluding carboxylic acids is 1. The van der Waals surface area contributed by atoms with Crippen LogP contribution in [0.5, 0.6) is 0 Å². The van der Waals surface area contributed by atoms with Crippen molar-refractivity contribution in [2.24, 2.45) is 0 Å². The highest BCUT2D eigenvalue weighted by atomic mass is 32.1. The van der Waals surface area contributed by atoms with Crippen LogP contribution >= 0.6 is 11.3 Å². The van der Waals surface area contributed by atoms with Crippen molar-refractivity contribution < 1.29 is 13.6 Å². The van der Waals surface area contributed by atoms with Crippen molar-refractivity contribution in [1.29, 1.82) is 0 Å². The molecule has 0 atom stereocenters. The Hall–Kier alpha value is -2.60. The van der Waals surface area contributed by atoms with Crippen LogP contribution in [0.1, 0.15) is 11.3 Å². The van der Waals surface area contributed by atoms with E-state index in [0.717, 1.165) is 5.56 Å². The Morgan fingerprint density at radius 1 is 1.08 bits per heavy atom. The molecule has 0 spiro atoms. The number of nitrogens with zero attached hydrogens (tertiary/aromatic N) is 1. The molecular formula is C19H16F2N2OS. The van der Waals surface area contributed by atoms with E-state index in [1.807, 2.05) is 6.07 Å². The molecule has 0 radical (unpaired) electrons. The summed E-state index contributed by atoms with van der Waals surface area (Å²) in [5.41, 5.74) is 2.18. The minimum absolute atomic E-state index is 0.146. The van der Waals surface area contributed by atoms with Crippen LogP contribution in [0.2, 0.25) is 0 Å². The Kier molecular flexibility index (Phi) is 5.50. The maximum Gasteiger partial charge on any atom is 0.226 e. The Bertz CT molecular complexity index is 879. The second-order valence-electron chi connectivity index (χ2n) is 5.56. The molecule has 1 amide bonds. The van der Waals surface area contributed by atoms with E-state index in [4.69, 9.17) is 0 Å². The first kappa shape index (κ1) is 17.2. The number of benzene rings is 2. The molecule has 1 aromatic heterocycles. The number of aromatic nitrogens is 1. The number of thiazole rings is 1. The van der Waals surface area contributed by atoms with Crippen molar-refractivity contribution in [2.75, 3.05) is 6.54 Å². The van der Waals surface area contributed by atoms with E-state index >= 15 is 0 Å². The molecule has 0 fully saturated rings. The minimum Gasteiger partial charge on any atom is -0.355 e. The molecule has 0 saturated heterocycles. The molecule has 0 aliphatic carbocycles. The number of halogens is 2. The summed E-state index contributed by atoms with van der Waals surface area (Å²) in [6, 6.07) is 12.5. The van der Waals surface area contributed by atoms with Crippen molar-refractivity contribution in [3.8, 4) is 10.6 Å². The van der Waals surface area contributed by atoms with Crippen LogP contribution in [0.3, 0.4) is 0 Å². The third-order valence-electron chi connectivity index (χ3n) is 3.59. The van der Waals surface area contributed by atoms with E-state index in [-0.39, 0.29) is 24.0 Å². The van der Waals surface area contributed by atoms with Crippen molar-refractivity contribution >= 4 is 17.2 Å². The summed E-state index contributed by atoms with van der Waals surface area (Å²) in [6.07, 6.45) is 0.726. The molecule has 6 heteroatoms. The third kappa shape index (κ3) is 4.93. The van der Waals surface area contributed by atoms with Gasteiger partial charge in [-0.25, -0.2) is 13.8 Å². The van der Waals surface area contributed by atoms with Gasteiger partial charge in [0, 0.05) is 17.5 Å². The Balaban J connectivity index is 1.51. The van der Waals surface area contributed by atoms with Gasteiger partial charge in [0.1, 0.15) is 16.6 Å². The van der Waals surface area contributed by atoms with E-state index in [9.17, 15) is 13.6 Å². The molecule has 0 bridgehead atoms. The minimum atomic E-state index is -0.315. The molecule has 0 saturated carbocycles. The predicted molar refractivity (Wildman–Crippen MR) is 94.3 cm³/mol. The smallest absolute Gasteiger partial charge is 0.226 e. The van der Waals surface area contributed by atoms with Gasteiger partial charge in [0.25, 0.3) is 0 Å². The van der Waals surface area contributed by atoms with Gasteiger partial charge in [0.05, 0.1) is 12.1 Å². The molecule has 0 aliphatic heterocycles. The van der Waals surface area contributed by atoms with Crippen LogP contribution in [-0.2, 0) is 17.6 Å². The van der Waals surface area contributed by atoms with E-state index in [1.165, 1.54) is 35.6 Å². The first-order valence-corrected chi connectivity index (χ1v) is 8.69. The second kappa shape index (κ2) is 7.98. The second-order valence-corrected chi connectivity index (χ2v) is 6.42. The number of hydrogen-bond donors (Lipinski definition) is 1. The number of hydrogen-bond acceptors (Lipinski definition) is 3. The molecule has 3 aromatic rings. The maximum absolute atomic E-state index is 13.3. The van der Waals surface area contributed by atoms with Crippen LogP contribution in [0.25, 0.3) is 10.6 Å². The van der Waals surface area contributed by atoms with Gasteiger partial charge in [0.15, 0.2) is 0 Å². The van der Waals surface area contributed by atoms with Crippen LogP contribution in [0.15, 0.2) is 53.9 Å². The molecule has 25 heavy (non-hydrogen) atoms. The normalized spacial score (nSPS) is 10.6. The van der Waals surface area contributed by atoms with Crippen molar-refractivity contribution in [3.05, 3.63) is 76.8 Å². The van der Waals surface area contributed by atoms with Crippen LogP contribution in [-0.4, -0.2) is 17.4 Å². The van der Waals surface area contributed by atoms with Gasteiger partial charge < -0.3 is 5.32 Å². The van der Waals surface area contributed by atoms with Gasteiger partial charge in [-0.2, -0.15) is 0 Å². The lowest BCUT2D eigenvalue weighted by Gasteiger charge is -2.04. The summed E-state index contributed by atoms with van der Waals surface area (Å²) in [4.78, 5) is 16.4. The first-order valence-electron chi connectivity index (χ1n) is 7.81. The van der Waals surface area contributed by atoms with E-state index in [2.05, 4.69) is 10.3 Å². The lowest BCUT2D eigenvalue weighted by molar-refractivity contribution is -0.120. The summed E-state index contributed by atoms with van der Waals surface area (Å²) in [5, 5.41) is 5.28. The van der Waals surface area contributed by atoms with Gasteiger partial charge in [-0.15, -0.1) is 11.3 Å². The van der Waals surface area contributed by atoms with Gasteiger partial charge in [-0.05, 0) is 36.2 Å². The topological polar surface area (TPSA) is 42.0 Å². The molecule has 2 aromatic carbocycles.